The van der Waals surface area contributed by atoms with Crippen LogP contribution in [0.25, 0.3) is 10.4 Å². The van der Waals surface area contributed by atoms with Crippen LogP contribution >= 0.6 is 0 Å². The molecule has 0 saturated carbocycles. The molecule has 0 spiro atoms. The van der Waals surface area contributed by atoms with Gasteiger partial charge in [0, 0.05) is 30.8 Å². The molecule has 40 heavy (non-hydrogen) atoms. The molecule has 1 aliphatic heterocycles. The Labute approximate surface area is 233 Å². The van der Waals surface area contributed by atoms with Gasteiger partial charge in [-0.25, -0.2) is 4.79 Å². The standard InChI is InChI=1S/C28H35N5O6Si/c1-28(2,3)40(19-11-7-5-8-12-19,20-13-9-6-10-14-20)39-24-23(21(34)15-17-30-32-29)38-26(25(24)37-4)33-18-16-22(35)31-27(33)36/h5-14,16,18,21,23-26,34H,15,17H2,1-4H3,(H,31,35,36)/t21?,23-,24-,25-,26+/m1/s1. The van der Waals surface area contributed by atoms with Crippen LogP contribution in [0.5, 0.6) is 0 Å². The van der Waals surface area contributed by atoms with Crippen LogP contribution in [-0.2, 0) is 13.9 Å². The number of benzene rings is 2. The number of aliphatic hydroxyl groups excluding tert-OH is 1. The van der Waals surface area contributed by atoms with Crippen molar-refractivity contribution in [3.05, 3.63) is 104 Å². The number of aliphatic hydroxyl groups is 1. The molecule has 2 heterocycles. The molecular weight excluding hydrogens is 530 g/mol. The van der Waals surface area contributed by atoms with Gasteiger partial charge >= 0.3 is 5.69 Å². The van der Waals surface area contributed by atoms with E-state index in [4.69, 9.17) is 19.4 Å². The van der Waals surface area contributed by atoms with Gasteiger partial charge in [-0.1, -0.05) is 86.5 Å². The molecule has 2 N–H and O–H groups in total. The maximum atomic E-state index is 12.8. The average molecular weight is 566 g/mol. The van der Waals surface area contributed by atoms with Crippen molar-refractivity contribution in [3.8, 4) is 0 Å². The molecule has 0 radical (unpaired) electrons. The van der Waals surface area contributed by atoms with Crippen molar-refractivity contribution in [1.29, 1.82) is 0 Å². The SMILES string of the molecule is CO[C@@H]1[C@H](O[Si](c2ccccc2)(c2ccccc2)C(C)(C)C)[C@@H](C(O)CCN=[N+]=[N-])O[C@@H]1n1ccc(=O)[nH]c1=O. The van der Waals surface area contributed by atoms with Crippen LogP contribution in [0, 0.1) is 0 Å². The van der Waals surface area contributed by atoms with Crippen LogP contribution < -0.4 is 21.6 Å². The van der Waals surface area contributed by atoms with E-state index in [0.29, 0.717) is 0 Å². The van der Waals surface area contributed by atoms with Gasteiger partial charge < -0.3 is 19.0 Å². The van der Waals surface area contributed by atoms with Gasteiger partial charge in [-0.3, -0.25) is 14.3 Å². The van der Waals surface area contributed by atoms with E-state index in [9.17, 15) is 14.7 Å². The lowest BCUT2D eigenvalue weighted by Gasteiger charge is -2.46. The molecule has 4 rings (SSSR count). The van der Waals surface area contributed by atoms with Crippen molar-refractivity contribution in [3.63, 3.8) is 0 Å². The zero-order valence-corrected chi connectivity index (χ0v) is 24.0. The molecule has 1 aromatic heterocycles. The largest absolute Gasteiger partial charge is 0.399 e. The summed E-state index contributed by atoms with van der Waals surface area (Å²) in [6.45, 7) is 6.44. The summed E-state index contributed by atoms with van der Waals surface area (Å²) in [6.07, 6.45) is -3.26. The summed E-state index contributed by atoms with van der Waals surface area (Å²) >= 11 is 0. The monoisotopic (exact) mass is 565 g/mol. The number of hydrogen-bond acceptors (Lipinski definition) is 7. The molecule has 0 bridgehead atoms. The molecule has 5 atom stereocenters. The molecule has 1 unspecified atom stereocenters. The summed E-state index contributed by atoms with van der Waals surface area (Å²) in [4.78, 5) is 29.6. The first-order valence-corrected chi connectivity index (χ1v) is 15.0. The molecule has 2 aromatic carbocycles. The van der Waals surface area contributed by atoms with Gasteiger partial charge in [-0.2, -0.15) is 0 Å². The Balaban J connectivity index is 1.90. The fraction of sp³-hybridized carbons (Fsp3) is 0.429. The number of aromatic amines is 1. The first-order valence-electron chi connectivity index (χ1n) is 13.1. The van der Waals surface area contributed by atoms with Crippen LogP contribution in [-0.4, -0.2) is 61.0 Å². The van der Waals surface area contributed by atoms with Crippen molar-refractivity contribution in [2.75, 3.05) is 13.7 Å². The van der Waals surface area contributed by atoms with Gasteiger partial charge in [0.2, 0.25) is 0 Å². The van der Waals surface area contributed by atoms with Crippen molar-refractivity contribution in [1.82, 2.24) is 9.55 Å². The highest BCUT2D eigenvalue weighted by molar-refractivity contribution is 6.99. The Hall–Kier alpha value is -3.51. The molecule has 3 aromatic rings. The normalized spacial score (nSPS) is 22.0. The number of rotatable bonds is 10. The third-order valence-electron chi connectivity index (χ3n) is 7.32. The number of nitrogens with zero attached hydrogens (tertiary/aromatic N) is 4. The van der Waals surface area contributed by atoms with Gasteiger partial charge in [0.05, 0.1) is 6.10 Å². The van der Waals surface area contributed by atoms with Gasteiger partial charge in [0.1, 0.15) is 18.3 Å². The summed E-state index contributed by atoms with van der Waals surface area (Å²) in [5.74, 6) is 0. The van der Waals surface area contributed by atoms with Crippen LogP contribution in [0.1, 0.15) is 33.4 Å². The van der Waals surface area contributed by atoms with E-state index in [0.717, 1.165) is 10.4 Å². The number of nitrogens with one attached hydrogen (secondary N) is 1. The predicted octanol–water partition coefficient (Wildman–Crippen LogP) is 2.46. The van der Waals surface area contributed by atoms with Gasteiger partial charge in [-0.15, -0.1) is 0 Å². The lowest BCUT2D eigenvalue weighted by Crippen LogP contribution is -2.69. The summed E-state index contributed by atoms with van der Waals surface area (Å²) in [5.41, 5.74) is 7.54. The van der Waals surface area contributed by atoms with Crippen molar-refractivity contribution in [2.24, 2.45) is 5.11 Å². The average Bonchev–Trinajstić information content (AvgIpc) is 3.29. The molecule has 0 amide bonds. The van der Waals surface area contributed by atoms with E-state index < -0.39 is 50.2 Å². The minimum atomic E-state index is -3.15. The minimum Gasteiger partial charge on any atom is -0.399 e. The predicted molar refractivity (Wildman–Crippen MR) is 153 cm³/mol. The molecule has 0 aliphatic carbocycles. The lowest BCUT2D eigenvalue weighted by atomic mass is 10.0. The van der Waals surface area contributed by atoms with E-state index in [1.165, 1.54) is 23.9 Å². The maximum Gasteiger partial charge on any atom is 0.330 e. The third-order valence-corrected chi connectivity index (χ3v) is 12.4. The Bertz CT molecular complexity index is 1400. The zero-order valence-electron chi connectivity index (χ0n) is 23.0. The quantitative estimate of drug-likeness (QED) is 0.167. The first-order chi connectivity index (χ1) is 19.1. The molecule has 11 nitrogen and oxygen atoms in total. The summed E-state index contributed by atoms with van der Waals surface area (Å²) < 4.78 is 20.8. The Kier molecular flexibility index (Phi) is 9.09. The van der Waals surface area contributed by atoms with Crippen LogP contribution in [0.3, 0.4) is 0 Å². The fourth-order valence-corrected chi connectivity index (χ4v) is 10.2. The topological polar surface area (TPSA) is 152 Å². The highest BCUT2D eigenvalue weighted by atomic mass is 28.4. The van der Waals surface area contributed by atoms with Gasteiger partial charge in [0.15, 0.2) is 6.23 Å². The molecule has 212 valence electrons. The second kappa shape index (κ2) is 12.3. The van der Waals surface area contributed by atoms with Crippen molar-refractivity contribution < 1.29 is 19.0 Å². The molecule has 1 aliphatic rings. The number of ether oxygens (including phenoxy) is 2. The highest BCUT2D eigenvalue weighted by Crippen LogP contribution is 2.42. The maximum absolute atomic E-state index is 12.8. The number of azide groups is 1. The first kappa shape index (κ1) is 29.5. The summed E-state index contributed by atoms with van der Waals surface area (Å²) in [7, 11) is -1.66. The van der Waals surface area contributed by atoms with Gasteiger partial charge in [0.25, 0.3) is 13.9 Å². The number of aromatic nitrogens is 2. The third kappa shape index (κ3) is 5.68. The van der Waals surface area contributed by atoms with E-state index in [1.54, 1.807) is 0 Å². The number of H-pyrrole nitrogens is 1. The second-order valence-electron chi connectivity index (χ2n) is 10.8. The van der Waals surface area contributed by atoms with Crippen LogP contribution in [0.15, 0.2) is 87.6 Å². The smallest absolute Gasteiger partial charge is 0.330 e. The Morgan fingerprint density at radius 2 is 1.68 bits per heavy atom. The summed E-state index contributed by atoms with van der Waals surface area (Å²) in [6, 6.07) is 21.2. The van der Waals surface area contributed by atoms with Crippen molar-refractivity contribution >= 4 is 18.7 Å². The number of methoxy groups -OCH3 is 1. The molecule has 1 saturated heterocycles. The number of hydrogen-bond donors (Lipinski definition) is 2. The zero-order chi connectivity index (χ0) is 28.9. The second-order valence-corrected chi connectivity index (χ2v) is 15.0. The molecule has 12 heteroatoms. The molecule has 1 fully saturated rings. The van der Waals surface area contributed by atoms with E-state index in [-0.39, 0.29) is 18.0 Å². The minimum absolute atomic E-state index is 0.0460. The Morgan fingerprint density at radius 3 is 2.17 bits per heavy atom. The molecular formula is C28H35N5O6Si. The Morgan fingerprint density at radius 1 is 1.07 bits per heavy atom. The lowest BCUT2D eigenvalue weighted by molar-refractivity contribution is -0.0877. The van der Waals surface area contributed by atoms with Gasteiger partial charge in [-0.05, 0) is 27.4 Å². The van der Waals surface area contributed by atoms with E-state index in [1.807, 2.05) is 36.4 Å². The highest BCUT2D eigenvalue weighted by Gasteiger charge is 2.58. The van der Waals surface area contributed by atoms with Crippen LogP contribution in [0.2, 0.25) is 5.04 Å². The van der Waals surface area contributed by atoms with E-state index in [2.05, 4.69) is 60.0 Å². The fourth-order valence-electron chi connectivity index (χ4n) is 5.51. The van der Waals surface area contributed by atoms with Crippen LogP contribution in [0.4, 0.5) is 0 Å². The summed E-state index contributed by atoms with van der Waals surface area (Å²) in [5, 5.41) is 16.5. The van der Waals surface area contributed by atoms with Crippen molar-refractivity contribution in [2.45, 2.75) is 62.9 Å². The van der Waals surface area contributed by atoms with E-state index >= 15 is 0 Å².